The molecule has 1 aliphatic carbocycles. The second-order valence-corrected chi connectivity index (χ2v) is 19.6. The van der Waals surface area contributed by atoms with Crippen LogP contribution in [0.15, 0.2) is 90.0 Å². The molecule has 5 heterocycles. The molecule has 2 fully saturated rings. The summed E-state index contributed by atoms with van der Waals surface area (Å²) in [5.41, 5.74) is 6.05. The number of rotatable bonds is 12. The smallest absolute Gasteiger partial charge is 0.309 e. The number of sulfonamides is 1. The summed E-state index contributed by atoms with van der Waals surface area (Å²) < 4.78 is 38.4. The van der Waals surface area contributed by atoms with Crippen LogP contribution in [0.4, 0.5) is 16.6 Å². The minimum absolute atomic E-state index is 0.0462. The van der Waals surface area contributed by atoms with E-state index in [4.69, 9.17) is 14.8 Å². The molecule has 16 heteroatoms. The van der Waals surface area contributed by atoms with Gasteiger partial charge in [0.05, 0.1) is 33.8 Å². The predicted octanol–water partition coefficient (Wildman–Crippen LogP) is 8.16. The molecule has 9 rings (SSSR count). The van der Waals surface area contributed by atoms with E-state index in [-0.39, 0.29) is 28.4 Å². The molecule has 3 aromatic carbocycles. The summed E-state index contributed by atoms with van der Waals surface area (Å²) in [7, 11) is -4.33. The molecule has 0 spiro atoms. The van der Waals surface area contributed by atoms with Crippen molar-refractivity contribution in [2.24, 2.45) is 11.8 Å². The van der Waals surface area contributed by atoms with E-state index in [0.717, 1.165) is 52.1 Å². The van der Waals surface area contributed by atoms with Crippen molar-refractivity contribution in [2.45, 2.75) is 83.2 Å². The number of carbonyl (C=O) groups is 3. The van der Waals surface area contributed by atoms with E-state index >= 15 is 0 Å². The van der Waals surface area contributed by atoms with Crippen molar-refractivity contribution in [3.05, 3.63) is 113 Å². The van der Waals surface area contributed by atoms with Gasteiger partial charge in [-0.15, -0.1) is 0 Å². The van der Waals surface area contributed by atoms with Crippen LogP contribution in [0.25, 0.3) is 21.3 Å². The van der Waals surface area contributed by atoms with Gasteiger partial charge in [0.2, 0.25) is 0 Å². The van der Waals surface area contributed by atoms with Crippen LogP contribution in [0.3, 0.4) is 0 Å². The van der Waals surface area contributed by atoms with Crippen LogP contribution < -0.4 is 19.8 Å². The van der Waals surface area contributed by atoms with Gasteiger partial charge in [0.25, 0.3) is 21.8 Å². The highest BCUT2D eigenvalue weighted by atomic mass is 32.2. The van der Waals surface area contributed by atoms with Gasteiger partial charge < -0.3 is 14.5 Å². The van der Waals surface area contributed by atoms with E-state index < -0.39 is 15.9 Å². The molecule has 14 nitrogen and oxygen atoms in total. The molecular formula is C48H52N8O6S2. The molecule has 3 aromatic heterocycles. The number of pyridine rings is 1. The first-order valence-corrected chi connectivity index (χ1v) is 24.5. The number of ether oxygens (including phenoxy) is 1. The molecule has 332 valence electrons. The van der Waals surface area contributed by atoms with E-state index in [9.17, 15) is 22.8 Å². The first-order valence-electron chi connectivity index (χ1n) is 22.2. The Morgan fingerprint density at radius 3 is 2.38 bits per heavy atom. The predicted molar refractivity (Wildman–Crippen MR) is 248 cm³/mol. The molecule has 6 aromatic rings. The number of nitrogens with one attached hydrogen (secondary N) is 2. The third-order valence-corrected chi connectivity index (χ3v) is 15.2. The molecule has 1 saturated heterocycles. The molecule has 2 amide bonds. The van der Waals surface area contributed by atoms with Gasteiger partial charge in [-0.05, 0) is 118 Å². The summed E-state index contributed by atoms with van der Waals surface area (Å²) >= 11 is 1.42. The topological polar surface area (TPSA) is 169 Å². The summed E-state index contributed by atoms with van der Waals surface area (Å²) in [6.07, 6.45) is 9.62. The molecule has 64 heavy (non-hydrogen) atoms. The normalized spacial score (nSPS) is 16.1. The Kier molecular flexibility index (Phi) is 12.5. The zero-order valence-corrected chi connectivity index (χ0v) is 37.7. The van der Waals surface area contributed by atoms with Crippen LogP contribution in [-0.2, 0) is 39.1 Å². The van der Waals surface area contributed by atoms with Gasteiger partial charge in [-0.3, -0.25) is 24.4 Å². The second-order valence-electron chi connectivity index (χ2n) is 16.9. The lowest BCUT2D eigenvalue weighted by atomic mass is 9.89. The van der Waals surface area contributed by atoms with Crippen LogP contribution in [0.2, 0.25) is 0 Å². The quantitative estimate of drug-likeness (QED) is 0.114. The summed E-state index contributed by atoms with van der Waals surface area (Å²) in [5.74, 6) is -0.465. The summed E-state index contributed by atoms with van der Waals surface area (Å²) in [6, 6.07) is 23.5. The number of nitrogens with zero attached hydrogens (tertiary/aromatic N) is 6. The lowest BCUT2D eigenvalue weighted by Crippen LogP contribution is -2.37. The van der Waals surface area contributed by atoms with Gasteiger partial charge in [-0.2, -0.15) is 5.10 Å². The Balaban J connectivity index is 0.979. The van der Waals surface area contributed by atoms with Crippen molar-refractivity contribution in [3.63, 3.8) is 0 Å². The number of piperidine rings is 1. The number of esters is 1. The van der Waals surface area contributed by atoms with E-state index in [1.54, 1.807) is 31.3 Å². The number of aromatic nitrogens is 4. The van der Waals surface area contributed by atoms with E-state index in [2.05, 4.69) is 19.9 Å². The van der Waals surface area contributed by atoms with Gasteiger partial charge in [-0.1, -0.05) is 54.9 Å². The number of anilines is 3. The Hall–Kier alpha value is -6.13. The van der Waals surface area contributed by atoms with Crippen molar-refractivity contribution < 1.29 is 27.5 Å². The van der Waals surface area contributed by atoms with Crippen LogP contribution in [-0.4, -0.2) is 72.2 Å². The first kappa shape index (κ1) is 43.1. The van der Waals surface area contributed by atoms with Gasteiger partial charge in [0, 0.05) is 60.8 Å². The Bertz CT molecular complexity index is 2780. The lowest BCUT2D eigenvalue weighted by Gasteiger charge is -2.32. The molecule has 3 aliphatic rings. The zero-order chi connectivity index (χ0) is 44.4. The molecule has 0 bridgehead atoms. The number of amides is 2. The molecule has 2 N–H and O–H groups in total. The van der Waals surface area contributed by atoms with Crippen molar-refractivity contribution >= 4 is 66.0 Å². The molecule has 1 saturated carbocycles. The van der Waals surface area contributed by atoms with Gasteiger partial charge >= 0.3 is 5.97 Å². The minimum Gasteiger partial charge on any atom is -0.466 e. The Morgan fingerprint density at radius 1 is 0.828 bits per heavy atom. The van der Waals surface area contributed by atoms with Crippen LogP contribution >= 0.6 is 11.3 Å². The van der Waals surface area contributed by atoms with E-state index in [1.807, 2.05) is 65.0 Å². The number of hydrogen-bond donors (Lipinski definition) is 2. The highest BCUT2D eigenvalue weighted by molar-refractivity contribution is 7.90. The number of hydrogen-bond acceptors (Lipinski definition) is 12. The maximum absolute atomic E-state index is 14.4. The van der Waals surface area contributed by atoms with Crippen LogP contribution in [0.5, 0.6) is 0 Å². The van der Waals surface area contributed by atoms with Crippen molar-refractivity contribution in [2.75, 3.05) is 41.4 Å². The summed E-state index contributed by atoms with van der Waals surface area (Å²) in [4.78, 5) is 54.1. The van der Waals surface area contributed by atoms with Crippen LogP contribution in [0, 0.1) is 18.8 Å². The Labute approximate surface area is 377 Å². The number of fused-ring (bicyclic) bond motifs is 2. The maximum atomic E-state index is 14.4. The Morgan fingerprint density at radius 2 is 1.61 bits per heavy atom. The SMILES string of the molecule is CCOC(=O)C1CCN(c2ccc(S(=O)(=O)NC(=O)c3nc(N4CCc5cccc(C(=O)Nc6nc7ccccc7s6)c5C4)ccc3-c3cnn(CC4CCCCC4)c3C)cc2)CC1. The number of para-hydroxylation sites is 1. The van der Waals surface area contributed by atoms with Gasteiger partial charge in [0.15, 0.2) is 5.13 Å². The summed E-state index contributed by atoms with van der Waals surface area (Å²) in [6.45, 7) is 7.07. The minimum atomic E-state index is -4.33. The number of thiazole rings is 1. The third-order valence-electron chi connectivity index (χ3n) is 12.9. The molecule has 0 atom stereocenters. The van der Waals surface area contributed by atoms with Gasteiger partial charge in [0.1, 0.15) is 11.5 Å². The number of benzene rings is 3. The fourth-order valence-electron chi connectivity index (χ4n) is 9.30. The van der Waals surface area contributed by atoms with Crippen LogP contribution in [0.1, 0.15) is 89.5 Å². The highest BCUT2D eigenvalue weighted by Crippen LogP contribution is 2.34. The molecule has 2 aliphatic heterocycles. The maximum Gasteiger partial charge on any atom is 0.309 e. The fraction of sp³-hybridized carbons (Fsp3) is 0.375. The van der Waals surface area contributed by atoms with Crippen molar-refractivity contribution in [3.8, 4) is 11.1 Å². The number of carbonyl (C=O) groups excluding carboxylic acids is 3. The second kappa shape index (κ2) is 18.5. The standard InChI is InChI=1S/C48H52N8O6S2/c1-3-62-47(59)34-23-25-54(26-24-34)35-16-18-36(19-17-35)64(60,61)53-46(58)44-37(39-28-49-56(31(39)2)29-32-10-5-4-6-11-32)20-21-43(51-44)55-27-22-33-12-9-13-38(40(33)30-55)45(57)52-48-50-41-14-7-8-15-42(41)63-48/h7-9,12-21,28,32,34H,3-6,10-11,22-27,29-30H2,1-2H3,(H,53,58)(H,50,52,57). The molecular weight excluding hydrogens is 849 g/mol. The van der Waals surface area contributed by atoms with Crippen molar-refractivity contribution in [1.29, 1.82) is 0 Å². The molecule has 0 radical (unpaired) electrons. The third kappa shape index (κ3) is 9.11. The van der Waals surface area contributed by atoms with Crippen molar-refractivity contribution in [1.82, 2.24) is 24.5 Å². The highest BCUT2D eigenvalue weighted by Gasteiger charge is 2.30. The van der Waals surface area contributed by atoms with E-state index in [0.29, 0.717) is 85.6 Å². The molecule has 0 unspecified atom stereocenters. The zero-order valence-electron chi connectivity index (χ0n) is 36.1. The van der Waals surface area contributed by atoms with Gasteiger partial charge in [-0.25, -0.2) is 23.1 Å². The average molecular weight is 901 g/mol. The largest absolute Gasteiger partial charge is 0.466 e. The monoisotopic (exact) mass is 900 g/mol. The lowest BCUT2D eigenvalue weighted by molar-refractivity contribution is -0.148. The van der Waals surface area contributed by atoms with E-state index in [1.165, 1.54) is 42.7 Å². The average Bonchev–Trinajstić information content (AvgIpc) is 3.90. The first-order chi connectivity index (χ1) is 31.0. The summed E-state index contributed by atoms with van der Waals surface area (Å²) in [5, 5.41) is 8.25. The fourth-order valence-corrected chi connectivity index (χ4v) is 11.1.